The molecule has 2 aliphatic heterocycles. The molecule has 0 spiro atoms. The SMILES string of the molecule is CC1OCC1N1CCC(c2cc3nc(Nc4cnn(C5CC5)c4Cl)ncc3cc2Cl)CC1. The van der Waals surface area contributed by atoms with E-state index in [0.29, 0.717) is 35.2 Å². The number of anilines is 2. The fourth-order valence-corrected chi connectivity index (χ4v) is 5.49. The first-order valence-corrected chi connectivity index (χ1v) is 12.1. The third kappa shape index (κ3) is 3.75. The molecule has 1 saturated carbocycles. The Morgan fingerprint density at radius 3 is 2.59 bits per heavy atom. The van der Waals surface area contributed by atoms with Crippen molar-refractivity contribution in [2.45, 2.75) is 56.7 Å². The lowest BCUT2D eigenvalue weighted by atomic mass is 9.87. The molecular weight excluding hydrogens is 447 g/mol. The van der Waals surface area contributed by atoms with E-state index in [9.17, 15) is 0 Å². The second kappa shape index (κ2) is 8.13. The monoisotopic (exact) mass is 472 g/mol. The Morgan fingerprint density at radius 1 is 1.09 bits per heavy atom. The molecule has 1 N–H and O–H groups in total. The van der Waals surface area contributed by atoms with Crippen molar-refractivity contribution < 1.29 is 4.74 Å². The maximum Gasteiger partial charge on any atom is 0.227 e. The molecule has 3 fully saturated rings. The summed E-state index contributed by atoms with van der Waals surface area (Å²) in [7, 11) is 0. The summed E-state index contributed by atoms with van der Waals surface area (Å²) >= 11 is 13.2. The molecule has 3 aromatic rings. The molecule has 7 nitrogen and oxygen atoms in total. The summed E-state index contributed by atoms with van der Waals surface area (Å²) in [5, 5.41) is 9.96. The van der Waals surface area contributed by atoms with Gasteiger partial charge >= 0.3 is 0 Å². The summed E-state index contributed by atoms with van der Waals surface area (Å²) in [4.78, 5) is 11.8. The number of hydrogen-bond acceptors (Lipinski definition) is 6. The molecule has 168 valence electrons. The van der Waals surface area contributed by atoms with Crippen molar-refractivity contribution in [1.82, 2.24) is 24.6 Å². The lowest BCUT2D eigenvalue weighted by Gasteiger charge is -2.45. The first-order chi connectivity index (χ1) is 15.6. The normalized spacial score (nSPS) is 24.6. The van der Waals surface area contributed by atoms with Crippen LogP contribution in [0.5, 0.6) is 0 Å². The molecular formula is C23H26Cl2N6O. The predicted molar refractivity (Wildman–Crippen MR) is 126 cm³/mol. The van der Waals surface area contributed by atoms with E-state index in [0.717, 1.165) is 67.0 Å². The number of likely N-dealkylation sites (tertiary alicyclic amines) is 1. The van der Waals surface area contributed by atoms with Crippen LogP contribution in [-0.2, 0) is 4.74 Å². The largest absolute Gasteiger partial charge is 0.375 e. The van der Waals surface area contributed by atoms with Crippen molar-refractivity contribution in [2.24, 2.45) is 0 Å². The van der Waals surface area contributed by atoms with Crippen LogP contribution in [0.15, 0.2) is 24.5 Å². The van der Waals surface area contributed by atoms with Crippen LogP contribution in [0.25, 0.3) is 10.9 Å². The molecule has 1 aliphatic carbocycles. The second-order valence-corrected chi connectivity index (χ2v) is 9.96. The van der Waals surface area contributed by atoms with E-state index in [2.05, 4.69) is 33.3 Å². The van der Waals surface area contributed by atoms with Crippen LogP contribution in [0, 0.1) is 0 Å². The number of nitrogens with one attached hydrogen (secondary N) is 1. The van der Waals surface area contributed by atoms with Gasteiger partial charge in [-0.2, -0.15) is 5.10 Å². The fourth-order valence-electron chi connectivity index (χ4n) is 4.88. The molecule has 32 heavy (non-hydrogen) atoms. The van der Waals surface area contributed by atoms with Gasteiger partial charge in [0.05, 0.1) is 42.2 Å². The molecule has 3 aliphatic rings. The van der Waals surface area contributed by atoms with Crippen LogP contribution in [0.4, 0.5) is 11.6 Å². The molecule has 2 aromatic heterocycles. The third-order valence-electron chi connectivity index (χ3n) is 7.08. The summed E-state index contributed by atoms with van der Waals surface area (Å²) in [6.45, 7) is 5.18. The van der Waals surface area contributed by atoms with Crippen molar-refractivity contribution in [1.29, 1.82) is 0 Å². The summed E-state index contributed by atoms with van der Waals surface area (Å²) in [5.41, 5.74) is 2.80. The first kappa shape index (κ1) is 20.7. The fraction of sp³-hybridized carbons (Fsp3) is 0.522. The molecule has 6 rings (SSSR count). The predicted octanol–water partition coefficient (Wildman–Crippen LogP) is 5.18. The maximum atomic E-state index is 6.69. The van der Waals surface area contributed by atoms with Crippen LogP contribution in [0.3, 0.4) is 0 Å². The Labute approximate surface area is 197 Å². The van der Waals surface area contributed by atoms with Crippen LogP contribution < -0.4 is 5.32 Å². The highest BCUT2D eigenvalue weighted by molar-refractivity contribution is 6.32. The zero-order chi connectivity index (χ0) is 21.8. The van der Waals surface area contributed by atoms with Gasteiger partial charge in [-0.3, -0.25) is 4.90 Å². The molecule has 0 bridgehead atoms. The Morgan fingerprint density at radius 2 is 1.91 bits per heavy atom. The Balaban J connectivity index is 1.21. The van der Waals surface area contributed by atoms with Gasteiger partial charge in [-0.15, -0.1) is 0 Å². The van der Waals surface area contributed by atoms with Gasteiger partial charge in [-0.1, -0.05) is 23.2 Å². The molecule has 2 atom stereocenters. The van der Waals surface area contributed by atoms with Crippen molar-refractivity contribution in [3.63, 3.8) is 0 Å². The van der Waals surface area contributed by atoms with E-state index in [1.54, 1.807) is 12.4 Å². The van der Waals surface area contributed by atoms with Gasteiger partial charge in [0.15, 0.2) is 5.15 Å². The number of hydrogen-bond donors (Lipinski definition) is 1. The lowest BCUT2D eigenvalue weighted by molar-refractivity contribution is -0.129. The summed E-state index contributed by atoms with van der Waals surface area (Å²) < 4.78 is 7.42. The standard InChI is InChI=1S/C23H26Cl2N6O/c1-13-21(12-32-13)30-6-4-14(5-7-30)17-9-19-15(8-18(17)24)10-26-23(28-19)29-20-11-27-31(22(20)25)16-2-3-16/h8-11,13-14,16,21H,2-7,12H2,1H3,(H,26,28,29). The minimum Gasteiger partial charge on any atom is -0.375 e. The summed E-state index contributed by atoms with van der Waals surface area (Å²) in [6, 6.07) is 5.12. The minimum atomic E-state index is 0.350. The number of nitrogens with zero attached hydrogens (tertiary/aromatic N) is 5. The van der Waals surface area contributed by atoms with E-state index in [1.165, 1.54) is 5.56 Å². The first-order valence-electron chi connectivity index (χ1n) is 11.4. The number of rotatable bonds is 5. The Bertz CT molecular complexity index is 1150. The van der Waals surface area contributed by atoms with Gasteiger partial charge in [-0.25, -0.2) is 14.6 Å². The third-order valence-corrected chi connectivity index (χ3v) is 7.79. The number of halogens is 2. The van der Waals surface area contributed by atoms with Gasteiger partial charge < -0.3 is 10.1 Å². The van der Waals surface area contributed by atoms with Crippen molar-refractivity contribution >= 4 is 45.7 Å². The summed E-state index contributed by atoms with van der Waals surface area (Å²) in [6.07, 6.45) is 8.35. The number of benzene rings is 1. The highest BCUT2D eigenvalue weighted by Gasteiger charge is 2.36. The van der Waals surface area contributed by atoms with Crippen molar-refractivity contribution in [3.8, 4) is 0 Å². The smallest absolute Gasteiger partial charge is 0.227 e. The molecule has 2 saturated heterocycles. The quantitative estimate of drug-likeness (QED) is 0.551. The zero-order valence-electron chi connectivity index (χ0n) is 18.0. The molecule has 9 heteroatoms. The van der Waals surface area contributed by atoms with Crippen molar-refractivity contribution in [2.75, 3.05) is 25.0 Å². The van der Waals surface area contributed by atoms with E-state index in [4.69, 9.17) is 32.9 Å². The number of fused-ring (bicyclic) bond motifs is 1. The van der Waals surface area contributed by atoms with E-state index in [-0.39, 0.29) is 0 Å². The van der Waals surface area contributed by atoms with E-state index < -0.39 is 0 Å². The van der Waals surface area contributed by atoms with Gasteiger partial charge in [0.25, 0.3) is 0 Å². The highest BCUT2D eigenvalue weighted by Crippen LogP contribution is 2.39. The average Bonchev–Trinajstić information content (AvgIpc) is 3.57. The van der Waals surface area contributed by atoms with Gasteiger partial charge in [0.1, 0.15) is 0 Å². The average molecular weight is 473 g/mol. The van der Waals surface area contributed by atoms with E-state index >= 15 is 0 Å². The molecule has 2 unspecified atom stereocenters. The zero-order valence-corrected chi connectivity index (χ0v) is 19.5. The number of piperidine rings is 1. The van der Waals surface area contributed by atoms with E-state index in [1.807, 2.05) is 10.7 Å². The van der Waals surface area contributed by atoms with Crippen molar-refractivity contribution in [3.05, 3.63) is 40.3 Å². The summed E-state index contributed by atoms with van der Waals surface area (Å²) in [5.74, 6) is 0.953. The lowest BCUT2D eigenvalue weighted by Crippen LogP contribution is -2.56. The van der Waals surface area contributed by atoms with Gasteiger partial charge in [0, 0.05) is 16.6 Å². The number of ether oxygens (including phenoxy) is 1. The van der Waals surface area contributed by atoms with Crippen LogP contribution in [0.1, 0.15) is 50.1 Å². The number of aromatic nitrogens is 4. The molecule has 0 amide bonds. The van der Waals surface area contributed by atoms with Crippen LogP contribution in [-0.4, -0.2) is 56.5 Å². The molecule has 4 heterocycles. The second-order valence-electron chi connectivity index (χ2n) is 9.19. The van der Waals surface area contributed by atoms with Crippen LogP contribution in [0.2, 0.25) is 10.2 Å². The Kier molecular flexibility index (Phi) is 5.25. The molecule has 1 aromatic carbocycles. The molecule has 0 radical (unpaired) electrons. The van der Waals surface area contributed by atoms with Gasteiger partial charge in [-0.05, 0) is 69.3 Å². The van der Waals surface area contributed by atoms with Gasteiger partial charge in [0.2, 0.25) is 5.95 Å². The van der Waals surface area contributed by atoms with Crippen LogP contribution >= 0.6 is 23.2 Å². The highest BCUT2D eigenvalue weighted by atomic mass is 35.5. The minimum absolute atomic E-state index is 0.350. The topological polar surface area (TPSA) is 68.1 Å². The maximum absolute atomic E-state index is 6.69. The Hall–Kier alpha value is -1.93.